The normalized spacial score (nSPS) is 11.6. The standard InChI is InChI=1S/C8H12FN3O2/c1-8(2,9)3-5-11-6-4-10-7(11)12(13)14/h4,6H,3,5H2,1-2H3. The third-order valence-electron chi connectivity index (χ3n) is 1.80. The Morgan fingerprint density at radius 3 is 2.86 bits per heavy atom. The summed E-state index contributed by atoms with van der Waals surface area (Å²) in [6, 6.07) is 0. The summed E-state index contributed by atoms with van der Waals surface area (Å²) < 4.78 is 14.4. The first-order valence-corrected chi connectivity index (χ1v) is 4.24. The number of alkyl halides is 1. The van der Waals surface area contributed by atoms with Crippen LogP contribution in [0, 0.1) is 10.1 Å². The van der Waals surface area contributed by atoms with Gasteiger partial charge in [-0.3, -0.25) is 0 Å². The first-order valence-electron chi connectivity index (χ1n) is 4.24. The highest BCUT2D eigenvalue weighted by Gasteiger charge is 2.19. The predicted molar refractivity (Wildman–Crippen MR) is 48.7 cm³/mol. The van der Waals surface area contributed by atoms with Crippen molar-refractivity contribution in [1.29, 1.82) is 0 Å². The van der Waals surface area contributed by atoms with Crippen LogP contribution in [0.4, 0.5) is 10.3 Å². The van der Waals surface area contributed by atoms with E-state index in [9.17, 15) is 14.5 Å². The Bertz CT molecular complexity index is 330. The molecule has 1 rings (SSSR count). The SMILES string of the molecule is CC(C)(F)CCn1ccnc1[N+](=O)[O-]. The van der Waals surface area contributed by atoms with Crippen molar-refractivity contribution in [2.45, 2.75) is 32.5 Å². The Morgan fingerprint density at radius 2 is 2.36 bits per heavy atom. The van der Waals surface area contributed by atoms with Crippen LogP contribution in [0.1, 0.15) is 20.3 Å². The quantitative estimate of drug-likeness (QED) is 0.552. The van der Waals surface area contributed by atoms with Gasteiger partial charge in [-0.2, -0.15) is 0 Å². The maximum atomic E-state index is 13.1. The topological polar surface area (TPSA) is 61.0 Å². The number of halogens is 1. The van der Waals surface area contributed by atoms with Gasteiger partial charge in [-0.05, 0) is 18.8 Å². The first kappa shape index (κ1) is 10.6. The van der Waals surface area contributed by atoms with E-state index in [0.29, 0.717) is 0 Å². The maximum absolute atomic E-state index is 13.1. The molecule has 1 heterocycles. The van der Waals surface area contributed by atoms with Crippen LogP contribution in [0.3, 0.4) is 0 Å². The summed E-state index contributed by atoms with van der Waals surface area (Å²) in [5.41, 5.74) is -1.32. The van der Waals surface area contributed by atoms with Gasteiger partial charge in [-0.15, -0.1) is 0 Å². The predicted octanol–water partition coefficient (Wildman–Crippen LogP) is 1.93. The molecule has 6 heteroatoms. The van der Waals surface area contributed by atoms with Crippen molar-refractivity contribution in [2.75, 3.05) is 0 Å². The van der Waals surface area contributed by atoms with Crippen LogP contribution in [0.25, 0.3) is 0 Å². The van der Waals surface area contributed by atoms with Crippen LogP contribution >= 0.6 is 0 Å². The van der Waals surface area contributed by atoms with Crippen LogP contribution < -0.4 is 0 Å². The van der Waals surface area contributed by atoms with Gasteiger partial charge in [0.2, 0.25) is 0 Å². The van der Waals surface area contributed by atoms with E-state index in [1.165, 1.54) is 30.8 Å². The highest BCUT2D eigenvalue weighted by atomic mass is 19.1. The zero-order valence-corrected chi connectivity index (χ0v) is 8.11. The van der Waals surface area contributed by atoms with Gasteiger partial charge in [0.05, 0.1) is 6.54 Å². The van der Waals surface area contributed by atoms with Crippen molar-refractivity contribution < 1.29 is 9.31 Å². The van der Waals surface area contributed by atoms with E-state index in [4.69, 9.17) is 0 Å². The minimum atomic E-state index is -1.32. The van der Waals surface area contributed by atoms with Crippen LogP contribution in [-0.2, 0) is 6.54 Å². The molecule has 0 aliphatic carbocycles. The second kappa shape index (κ2) is 3.73. The molecular weight excluding hydrogens is 189 g/mol. The molecule has 0 fully saturated rings. The zero-order valence-electron chi connectivity index (χ0n) is 8.11. The molecule has 78 valence electrons. The van der Waals surface area contributed by atoms with Gasteiger partial charge in [0.1, 0.15) is 18.1 Å². The molecule has 0 aliphatic rings. The lowest BCUT2D eigenvalue weighted by Crippen LogP contribution is -2.16. The first-order chi connectivity index (χ1) is 6.40. The summed E-state index contributed by atoms with van der Waals surface area (Å²) in [4.78, 5) is 13.4. The highest BCUT2D eigenvalue weighted by molar-refractivity contribution is 5.06. The van der Waals surface area contributed by atoms with E-state index in [2.05, 4.69) is 4.98 Å². The summed E-state index contributed by atoms with van der Waals surface area (Å²) in [6.45, 7) is 3.14. The van der Waals surface area contributed by atoms with Crippen molar-refractivity contribution in [2.24, 2.45) is 0 Å². The van der Waals surface area contributed by atoms with Crippen molar-refractivity contribution in [3.63, 3.8) is 0 Å². The summed E-state index contributed by atoms with van der Waals surface area (Å²) in [6.07, 6.45) is 3.04. The van der Waals surface area contributed by atoms with E-state index >= 15 is 0 Å². The summed E-state index contributed by atoms with van der Waals surface area (Å²) in [5, 5.41) is 10.4. The molecule has 14 heavy (non-hydrogen) atoms. The van der Waals surface area contributed by atoms with E-state index in [-0.39, 0.29) is 18.9 Å². The molecular formula is C8H12FN3O2. The molecule has 0 bridgehead atoms. The second-order valence-electron chi connectivity index (χ2n) is 3.65. The Balaban J connectivity index is 2.68. The van der Waals surface area contributed by atoms with Crippen LogP contribution in [0.15, 0.2) is 12.4 Å². The van der Waals surface area contributed by atoms with Crippen molar-refractivity contribution in [3.05, 3.63) is 22.5 Å². The number of aromatic nitrogens is 2. The summed E-state index contributed by atoms with van der Waals surface area (Å²) in [5.74, 6) is -0.241. The fourth-order valence-electron chi connectivity index (χ4n) is 1.03. The number of nitrogens with zero attached hydrogens (tertiary/aromatic N) is 3. The monoisotopic (exact) mass is 201 g/mol. The minimum Gasteiger partial charge on any atom is -0.390 e. The average molecular weight is 201 g/mol. The van der Waals surface area contributed by atoms with Crippen LogP contribution in [-0.4, -0.2) is 20.1 Å². The molecule has 1 aromatic heterocycles. The molecule has 0 saturated carbocycles. The summed E-state index contributed by atoms with van der Waals surface area (Å²) >= 11 is 0. The molecule has 0 N–H and O–H groups in total. The van der Waals surface area contributed by atoms with E-state index in [1.807, 2.05) is 0 Å². The number of aryl methyl sites for hydroxylation is 1. The lowest BCUT2D eigenvalue weighted by molar-refractivity contribution is -0.396. The Labute approximate surface area is 80.7 Å². The largest absolute Gasteiger partial charge is 0.434 e. The van der Waals surface area contributed by atoms with Gasteiger partial charge in [-0.1, -0.05) is 4.98 Å². The minimum absolute atomic E-state index is 0.226. The van der Waals surface area contributed by atoms with Crippen molar-refractivity contribution in [1.82, 2.24) is 9.55 Å². The Hall–Kier alpha value is -1.46. The molecule has 0 amide bonds. The van der Waals surface area contributed by atoms with Gasteiger partial charge in [-0.25, -0.2) is 8.96 Å². The lowest BCUT2D eigenvalue weighted by Gasteiger charge is -2.12. The number of nitro groups is 1. The number of hydrogen-bond acceptors (Lipinski definition) is 3. The molecule has 0 radical (unpaired) electrons. The molecule has 0 unspecified atom stereocenters. The van der Waals surface area contributed by atoms with E-state index in [1.54, 1.807) is 0 Å². The third-order valence-corrected chi connectivity index (χ3v) is 1.80. The smallest absolute Gasteiger partial charge is 0.390 e. The zero-order chi connectivity index (χ0) is 10.8. The molecule has 0 saturated heterocycles. The van der Waals surface area contributed by atoms with Gasteiger partial charge >= 0.3 is 5.95 Å². The molecule has 0 atom stereocenters. The van der Waals surface area contributed by atoms with E-state index in [0.717, 1.165) is 0 Å². The number of hydrogen-bond donors (Lipinski definition) is 0. The van der Waals surface area contributed by atoms with Crippen LogP contribution in [0.2, 0.25) is 0 Å². The fourth-order valence-corrected chi connectivity index (χ4v) is 1.03. The van der Waals surface area contributed by atoms with Gasteiger partial charge < -0.3 is 10.1 Å². The number of imidazole rings is 1. The van der Waals surface area contributed by atoms with Gasteiger partial charge in [0.15, 0.2) is 0 Å². The molecule has 5 nitrogen and oxygen atoms in total. The molecule has 0 aliphatic heterocycles. The van der Waals surface area contributed by atoms with Gasteiger partial charge in [0.25, 0.3) is 0 Å². The van der Waals surface area contributed by atoms with Crippen molar-refractivity contribution in [3.8, 4) is 0 Å². The second-order valence-corrected chi connectivity index (χ2v) is 3.65. The van der Waals surface area contributed by atoms with Gasteiger partial charge in [0, 0.05) is 6.42 Å². The average Bonchev–Trinajstić information content (AvgIpc) is 2.46. The number of rotatable bonds is 4. The van der Waals surface area contributed by atoms with Crippen LogP contribution in [0.5, 0.6) is 0 Å². The fraction of sp³-hybridized carbons (Fsp3) is 0.625. The van der Waals surface area contributed by atoms with Crippen molar-refractivity contribution >= 4 is 5.95 Å². The highest BCUT2D eigenvalue weighted by Crippen LogP contribution is 2.17. The third kappa shape index (κ3) is 2.79. The molecule has 0 aromatic carbocycles. The molecule has 0 spiro atoms. The van der Waals surface area contributed by atoms with E-state index < -0.39 is 10.6 Å². The molecule has 1 aromatic rings. The summed E-state index contributed by atoms with van der Waals surface area (Å²) in [7, 11) is 0. The maximum Gasteiger partial charge on any atom is 0.434 e. The Morgan fingerprint density at radius 1 is 1.71 bits per heavy atom. The lowest BCUT2D eigenvalue weighted by atomic mass is 10.1. The Kier molecular flexibility index (Phi) is 2.83.